The molecule has 1 aliphatic rings. The summed E-state index contributed by atoms with van der Waals surface area (Å²) in [7, 11) is 0. The largest absolute Gasteiger partial charge is 0.298 e. The van der Waals surface area contributed by atoms with Gasteiger partial charge in [-0.05, 0) is 65.9 Å². The molecule has 0 aliphatic carbocycles. The highest BCUT2D eigenvalue weighted by Crippen LogP contribution is 2.37. The van der Waals surface area contributed by atoms with E-state index in [9.17, 15) is 9.59 Å². The van der Waals surface area contributed by atoms with Crippen molar-refractivity contribution in [1.82, 2.24) is 0 Å². The molecule has 2 amide bonds. The van der Waals surface area contributed by atoms with Gasteiger partial charge in [0.05, 0.1) is 10.6 Å². The molecule has 1 saturated heterocycles. The SMILES string of the molecule is Cc1ccc(C)c(N2C(=O)S/C(=C\c3ccc(C(C)C)cc3)C2=O)c1. The van der Waals surface area contributed by atoms with Gasteiger partial charge in [-0.2, -0.15) is 0 Å². The number of thioether (sulfide) groups is 1. The van der Waals surface area contributed by atoms with Crippen molar-refractivity contribution in [3.05, 3.63) is 69.6 Å². The Balaban J connectivity index is 1.91. The van der Waals surface area contributed by atoms with Crippen molar-refractivity contribution in [2.24, 2.45) is 0 Å². The van der Waals surface area contributed by atoms with Crippen molar-refractivity contribution < 1.29 is 9.59 Å². The number of carbonyl (C=O) groups excluding carboxylic acids is 2. The average Bonchev–Trinajstić information content (AvgIpc) is 2.84. The number of aryl methyl sites for hydroxylation is 2. The van der Waals surface area contributed by atoms with Gasteiger partial charge in [0.1, 0.15) is 0 Å². The van der Waals surface area contributed by atoms with Gasteiger partial charge in [-0.15, -0.1) is 0 Å². The third-order valence-electron chi connectivity index (χ3n) is 4.30. The zero-order valence-corrected chi connectivity index (χ0v) is 15.7. The van der Waals surface area contributed by atoms with Gasteiger partial charge >= 0.3 is 0 Å². The maximum Gasteiger partial charge on any atom is 0.298 e. The molecule has 4 heteroatoms. The first-order valence-electron chi connectivity index (χ1n) is 8.32. The highest BCUT2D eigenvalue weighted by atomic mass is 32.2. The molecule has 0 spiro atoms. The third-order valence-corrected chi connectivity index (χ3v) is 5.17. The Morgan fingerprint density at radius 1 is 1.00 bits per heavy atom. The van der Waals surface area contributed by atoms with Gasteiger partial charge in [-0.3, -0.25) is 9.59 Å². The van der Waals surface area contributed by atoms with Crippen molar-refractivity contribution in [1.29, 1.82) is 0 Å². The van der Waals surface area contributed by atoms with Gasteiger partial charge in [-0.25, -0.2) is 4.90 Å². The second-order valence-corrected chi connectivity index (χ2v) is 7.62. The van der Waals surface area contributed by atoms with E-state index in [4.69, 9.17) is 0 Å². The van der Waals surface area contributed by atoms with Crippen molar-refractivity contribution in [2.45, 2.75) is 33.6 Å². The molecule has 1 heterocycles. The van der Waals surface area contributed by atoms with Gasteiger partial charge in [0.25, 0.3) is 11.1 Å². The van der Waals surface area contributed by atoms with E-state index >= 15 is 0 Å². The maximum atomic E-state index is 12.8. The van der Waals surface area contributed by atoms with Gasteiger partial charge in [0.2, 0.25) is 0 Å². The molecule has 2 aromatic rings. The Hall–Kier alpha value is -2.33. The monoisotopic (exact) mass is 351 g/mol. The number of carbonyl (C=O) groups is 2. The lowest BCUT2D eigenvalue weighted by Gasteiger charge is -2.16. The standard InChI is InChI=1S/C21H21NO2S/c1-13(2)17-9-7-16(8-10-17)12-19-20(23)22(21(24)25-19)18-11-14(3)5-6-15(18)4/h5-13H,1-4H3/b19-12-. The Morgan fingerprint density at radius 3 is 2.32 bits per heavy atom. The van der Waals surface area contributed by atoms with Crippen LogP contribution in [0.5, 0.6) is 0 Å². The smallest absolute Gasteiger partial charge is 0.268 e. The highest BCUT2D eigenvalue weighted by Gasteiger charge is 2.36. The molecule has 0 aromatic heterocycles. The van der Waals surface area contributed by atoms with Crippen LogP contribution in [0.3, 0.4) is 0 Å². The summed E-state index contributed by atoms with van der Waals surface area (Å²) in [4.78, 5) is 26.9. The highest BCUT2D eigenvalue weighted by molar-refractivity contribution is 8.19. The lowest BCUT2D eigenvalue weighted by Crippen LogP contribution is -2.28. The molecule has 1 fully saturated rings. The quantitative estimate of drug-likeness (QED) is 0.669. The fraction of sp³-hybridized carbons (Fsp3) is 0.238. The molecular weight excluding hydrogens is 330 g/mol. The van der Waals surface area contributed by atoms with E-state index < -0.39 is 0 Å². The van der Waals surface area contributed by atoms with E-state index in [1.165, 1.54) is 10.5 Å². The van der Waals surface area contributed by atoms with Crippen LogP contribution in [0.15, 0.2) is 47.4 Å². The van der Waals surface area contributed by atoms with Gasteiger partial charge in [0, 0.05) is 0 Å². The molecule has 0 bridgehead atoms. The first-order valence-corrected chi connectivity index (χ1v) is 9.13. The second kappa shape index (κ2) is 6.89. The number of imide groups is 1. The summed E-state index contributed by atoms with van der Waals surface area (Å²) in [5.41, 5.74) is 4.78. The third kappa shape index (κ3) is 3.54. The lowest BCUT2D eigenvalue weighted by atomic mass is 10.0. The van der Waals surface area contributed by atoms with Crippen LogP contribution in [0.2, 0.25) is 0 Å². The van der Waals surface area contributed by atoms with Gasteiger partial charge in [0.15, 0.2) is 0 Å². The van der Waals surface area contributed by atoms with E-state index in [1.807, 2.05) is 44.2 Å². The van der Waals surface area contributed by atoms with E-state index in [0.29, 0.717) is 16.5 Å². The van der Waals surface area contributed by atoms with Crippen LogP contribution in [0, 0.1) is 13.8 Å². The fourth-order valence-electron chi connectivity index (χ4n) is 2.76. The van der Waals surface area contributed by atoms with Crippen LogP contribution in [0.1, 0.15) is 42.0 Å². The Morgan fingerprint density at radius 2 is 1.68 bits per heavy atom. The summed E-state index contributed by atoms with van der Waals surface area (Å²) in [5.74, 6) is 0.210. The molecule has 0 saturated carbocycles. The first kappa shape index (κ1) is 17.5. The molecule has 3 rings (SSSR count). The molecule has 3 nitrogen and oxygen atoms in total. The van der Waals surface area contributed by atoms with Crippen molar-refractivity contribution in [3.63, 3.8) is 0 Å². The summed E-state index contributed by atoms with van der Waals surface area (Å²) in [6, 6.07) is 13.9. The Labute approximate surface area is 152 Å². The molecule has 0 radical (unpaired) electrons. The summed E-state index contributed by atoms with van der Waals surface area (Å²) >= 11 is 0.995. The predicted molar refractivity (Wildman–Crippen MR) is 105 cm³/mol. The van der Waals surface area contributed by atoms with Crippen LogP contribution in [0.4, 0.5) is 10.5 Å². The summed E-state index contributed by atoms with van der Waals surface area (Å²) in [6.45, 7) is 8.15. The summed E-state index contributed by atoms with van der Waals surface area (Å²) in [5, 5.41) is -0.247. The second-order valence-electron chi connectivity index (χ2n) is 6.63. The normalized spacial score (nSPS) is 16.4. The minimum Gasteiger partial charge on any atom is -0.268 e. The molecule has 1 aliphatic heterocycles. The number of nitrogens with zero attached hydrogens (tertiary/aromatic N) is 1. The van der Waals surface area contributed by atoms with Crippen molar-refractivity contribution in [3.8, 4) is 0 Å². The van der Waals surface area contributed by atoms with E-state index in [-0.39, 0.29) is 11.1 Å². The molecule has 25 heavy (non-hydrogen) atoms. The average molecular weight is 351 g/mol. The minimum atomic E-state index is -0.253. The minimum absolute atomic E-state index is 0.247. The lowest BCUT2D eigenvalue weighted by molar-refractivity contribution is -0.113. The Kier molecular flexibility index (Phi) is 4.82. The molecule has 0 atom stereocenters. The molecule has 2 aromatic carbocycles. The number of amides is 2. The van der Waals surface area contributed by atoms with Crippen LogP contribution in [0.25, 0.3) is 6.08 Å². The van der Waals surface area contributed by atoms with Crippen molar-refractivity contribution in [2.75, 3.05) is 4.90 Å². The molecular formula is C21H21NO2S. The number of hydrogen-bond acceptors (Lipinski definition) is 3. The number of rotatable bonds is 3. The van der Waals surface area contributed by atoms with Gasteiger partial charge in [-0.1, -0.05) is 50.2 Å². The fourth-order valence-corrected chi connectivity index (χ4v) is 3.60. The van der Waals surface area contributed by atoms with Crippen LogP contribution in [-0.2, 0) is 4.79 Å². The molecule has 0 N–H and O–H groups in total. The zero-order chi connectivity index (χ0) is 18.1. The molecule has 128 valence electrons. The first-order chi connectivity index (χ1) is 11.9. The topological polar surface area (TPSA) is 37.4 Å². The van der Waals surface area contributed by atoms with E-state index in [1.54, 1.807) is 6.08 Å². The van der Waals surface area contributed by atoms with Crippen LogP contribution in [-0.4, -0.2) is 11.1 Å². The number of hydrogen-bond donors (Lipinski definition) is 0. The van der Waals surface area contributed by atoms with E-state index in [0.717, 1.165) is 28.5 Å². The van der Waals surface area contributed by atoms with Crippen molar-refractivity contribution >= 4 is 34.7 Å². The van der Waals surface area contributed by atoms with Crippen LogP contribution < -0.4 is 4.90 Å². The Bertz CT molecular complexity index is 866. The van der Waals surface area contributed by atoms with E-state index in [2.05, 4.69) is 26.0 Å². The number of benzene rings is 2. The summed E-state index contributed by atoms with van der Waals surface area (Å²) in [6.07, 6.45) is 1.79. The molecule has 0 unspecified atom stereocenters. The van der Waals surface area contributed by atoms with Gasteiger partial charge < -0.3 is 0 Å². The number of anilines is 1. The van der Waals surface area contributed by atoms with Crippen LogP contribution >= 0.6 is 11.8 Å². The maximum absolute atomic E-state index is 12.8. The zero-order valence-electron chi connectivity index (χ0n) is 14.9. The predicted octanol–water partition coefficient (Wildman–Crippen LogP) is 5.67. The summed E-state index contributed by atoms with van der Waals surface area (Å²) < 4.78 is 0.